The molecule has 6 heteroatoms. The predicted molar refractivity (Wildman–Crippen MR) is 109 cm³/mol. The molecule has 0 fully saturated rings. The van der Waals surface area contributed by atoms with E-state index in [0.29, 0.717) is 11.5 Å². The Morgan fingerprint density at radius 3 is 2.22 bits per heavy atom. The lowest BCUT2D eigenvalue weighted by molar-refractivity contribution is 0.483. The van der Waals surface area contributed by atoms with Gasteiger partial charge in [0.15, 0.2) is 5.65 Å². The maximum Gasteiger partial charge on any atom is 0.186 e. The number of hydrogen-bond donors (Lipinski definition) is 2. The largest absolute Gasteiger partial charge is 0.457 e. The van der Waals surface area contributed by atoms with Gasteiger partial charge in [-0.3, -0.25) is 5.10 Å². The molecule has 3 N–H and O–H groups in total. The van der Waals surface area contributed by atoms with E-state index in [4.69, 9.17) is 10.5 Å². The zero-order valence-corrected chi connectivity index (χ0v) is 15.5. The standard InChI is InChI=1S/C17H13N5O.C4H10/c18-16-14-15(21-22-17(14)20-10-19-16)11-6-8-13(9-7-11)23-12-4-2-1-3-5-12;1-3-4-2/h1-10H,(H3,18,19,20,21,22);3-4H2,1-2H3. The second-order valence-electron chi connectivity index (χ2n) is 6.00. The molecule has 27 heavy (non-hydrogen) atoms. The van der Waals surface area contributed by atoms with Crippen molar-refractivity contribution in [2.45, 2.75) is 26.7 Å². The zero-order chi connectivity index (χ0) is 19.1. The van der Waals surface area contributed by atoms with Gasteiger partial charge in [-0.2, -0.15) is 5.10 Å². The lowest BCUT2D eigenvalue weighted by atomic mass is 10.1. The number of hydrogen-bond acceptors (Lipinski definition) is 5. The normalized spacial score (nSPS) is 10.3. The molecule has 4 aromatic rings. The van der Waals surface area contributed by atoms with Crippen molar-refractivity contribution >= 4 is 16.9 Å². The number of anilines is 1. The number of para-hydroxylation sites is 1. The van der Waals surface area contributed by atoms with Crippen molar-refractivity contribution in [1.29, 1.82) is 0 Å². The molecule has 2 aromatic carbocycles. The third-order valence-corrected chi connectivity index (χ3v) is 4.00. The number of nitrogens with zero attached hydrogens (tertiary/aromatic N) is 3. The summed E-state index contributed by atoms with van der Waals surface area (Å²) in [4.78, 5) is 8.12. The highest BCUT2D eigenvalue weighted by molar-refractivity contribution is 5.97. The summed E-state index contributed by atoms with van der Waals surface area (Å²) in [5.74, 6) is 1.96. The Labute approximate surface area is 158 Å². The third kappa shape index (κ3) is 4.41. The van der Waals surface area contributed by atoms with Gasteiger partial charge in [0.2, 0.25) is 0 Å². The molecule has 2 heterocycles. The first-order chi connectivity index (χ1) is 13.2. The van der Waals surface area contributed by atoms with Gasteiger partial charge in [0.25, 0.3) is 0 Å². The summed E-state index contributed by atoms with van der Waals surface area (Å²) in [6.07, 6.45) is 4.04. The Morgan fingerprint density at radius 2 is 1.56 bits per heavy atom. The van der Waals surface area contributed by atoms with E-state index < -0.39 is 0 Å². The number of nitrogens with two attached hydrogens (primary N) is 1. The van der Waals surface area contributed by atoms with E-state index in [1.165, 1.54) is 19.2 Å². The fourth-order valence-electron chi connectivity index (χ4n) is 2.40. The van der Waals surface area contributed by atoms with Crippen molar-refractivity contribution in [3.63, 3.8) is 0 Å². The van der Waals surface area contributed by atoms with E-state index in [-0.39, 0.29) is 0 Å². The summed E-state index contributed by atoms with van der Waals surface area (Å²) in [6.45, 7) is 4.36. The lowest BCUT2D eigenvalue weighted by Gasteiger charge is -2.06. The smallest absolute Gasteiger partial charge is 0.186 e. The molecule has 0 aliphatic rings. The summed E-state index contributed by atoms with van der Waals surface area (Å²) < 4.78 is 5.79. The molecule has 0 saturated heterocycles. The molecule has 6 nitrogen and oxygen atoms in total. The van der Waals surface area contributed by atoms with Gasteiger partial charge in [-0.1, -0.05) is 44.9 Å². The number of nitrogen functional groups attached to an aromatic ring is 1. The molecule has 0 saturated carbocycles. The van der Waals surface area contributed by atoms with Crippen LogP contribution in [0.5, 0.6) is 11.5 Å². The number of unbranched alkanes of at least 4 members (excludes halogenated alkanes) is 1. The molecule has 0 aliphatic carbocycles. The van der Waals surface area contributed by atoms with E-state index >= 15 is 0 Å². The average Bonchev–Trinajstić information content (AvgIpc) is 3.15. The van der Waals surface area contributed by atoms with Crippen LogP contribution in [0.3, 0.4) is 0 Å². The van der Waals surface area contributed by atoms with Crippen LogP contribution in [-0.4, -0.2) is 20.2 Å². The summed E-state index contributed by atoms with van der Waals surface area (Å²) in [5.41, 5.74) is 8.22. The summed E-state index contributed by atoms with van der Waals surface area (Å²) in [5, 5.41) is 7.85. The van der Waals surface area contributed by atoms with Crippen molar-refractivity contribution in [2.24, 2.45) is 0 Å². The Bertz CT molecular complexity index is 979. The number of nitrogens with one attached hydrogen (secondary N) is 1. The van der Waals surface area contributed by atoms with Crippen LogP contribution in [0.15, 0.2) is 60.9 Å². The molecule has 0 radical (unpaired) electrons. The van der Waals surface area contributed by atoms with Crippen molar-refractivity contribution in [1.82, 2.24) is 20.2 Å². The van der Waals surface area contributed by atoms with E-state index in [2.05, 4.69) is 34.0 Å². The number of benzene rings is 2. The fourth-order valence-corrected chi connectivity index (χ4v) is 2.40. The quantitative estimate of drug-likeness (QED) is 0.521. The number of fused-ring (bicyclic) bond motifs is 1. The minimum absolute atomic E-state index is 0.406. The molecule has 0 amide bonds. The average molecular weight is 361 g/mol. The third-order valence-electron chi connectivity index (χ3n) is 4.00. The molecule has 0 aliphatic heterocycles. The van der Waals surface area contributed by atoms with Crippen LogP contribution in [0.2, 0.25) is 0 Å². The van der Waals surface area contributed by atoms with Crippen LogP contribution in [0.25, 0.3) is 22.3 Å². The van der Waals surface area contributed by atoms with E-state index in [1.54, 1.807) is 0 Å². The molecular weight excluding hydrogens is 338 g/mol. The SMILES string of the molecule is CCCC.Nc1ncnc2n[nH]c(-c3ccc(Oc4ccccc4)cc3)c12. The van der Waals surface area contributed by atoms with E-state index in [9.17, 15) is 0 Å². The molecule has 0 spiro atoms. The molecule has 0 atom stereocenters. The number of ether oxygens (including phenoxy) is 1. The van der Waals surface area contributed by atoms with Crippen molar-refractivity contribution < 1.29 is 4.74 Å². The van der Waals surface area contributed by atoms with Crippen LogP contribution in [0.1, 0.15) is 26.7 Å². The minimum atomic E-state index is 0.406. The van der Waals surface area contributed by atoms with Gasteiger partial charge in [-0.15, -0.1) is 0 Å². The number of H-pyrrole nitrogens is 1. The predicted octanol–water partition coefficient (Wildman–Crippen LogP) is 5.20. The van der Waals surface area contributed by atoms with Crippen LogP contribution >= 0.6 is 0 Å². The van der Waals surface area contributed by atoms with Crippen molar-refractivity contribution in [3.8, 4) is 22.8 Å². The monoisotopic (exact) mass is 361 g/mol. The van der Waals surface area contributed by atoms with Crippen LogP contribution in [0, 0.1) is 0 Å². The van der Waals surface area contributed by atoms with Gasteiger partial charge in [-0.05, 0) is 36.4 Å². The zero-order valence-electron chi connectivity index (χ0n) is 15.5. The van der Waals surface area contributed by atoms with E-state index in [0.717, 1.165) is 28.1 Å². The first-order valence-corrected chi connectivity index (χ1v) is 9.00. The summed E-state index contributed by atoms with van der Waals surface area (Å²) in [6, 6.07) is 17.3. The van der Waals surface area contributed by atoms with Crippen LogP contribution in [0.4, 0.5) is 5.82 Å². The maximum absolute atomic E-state index is 5.94. The van der Waals surface area contributed by atoms with Crippen molar-refractivity contribution in [2.75, 3.05) is 5.73 Å². The highest BCUT2D eigenvalue weighted by Crippen LogP contribution is 2.30. The Kier molecular flexibility index (Phi) is 5.99. The highest BCUT2D eigenvalue weighted by Gasteiger charge is 2.12. The molecule has 0 unspecified atom stereocenters. The first kappa shape index (κ1) is 18.4. The fraction of sp³-hybridized carbons (Fsp3) is 0.190. The van der Waals surface area contributed by atoms with Crippen molar-refractivity contribution in [3.05, 3.63) is 60.9 Å². The molecule has 0 bridgehead atoms. The van der Waals surface area contributed by atoms with Crippen LogP contribution in [-0.2, 0) is 0 Å². The number of aromatic nitrogens is 4. The second kappa shape index (κ2) is 8.80. The number of rotatable bonds is 4. The lowest BCUT2D eigenvalue weighted by Crippen LogP contribution is -1.92. The topological polar surface area (TPSA) is 89.7 Å². The van der Waals surface area contributed by atoms with Crippen LogP contribution < -0.4 is 10.5 Å². The van der Waals surface area contributed by atoms with Gasteiger partial charge in [0.1, 0.15) is 23.6 Å². The Morgan fingerprint density at radius 1 is 0.889 bits per heavy atom. The molecule has 4 rings (SSSR count). The molecule has 138 valence electrons. The highest BCUT2D eigenvalue weighted by atomic mass is 16.5. The van der Waals surface area contributed by atoms with Gasteiger partial charge < -0.3 is 10.5 Å². The van der Waals surface area contributed by atoms with Gasteiger partial charge in [0, 0.05) is 5.56 Å². The first-order valence-electron chi connectivity index (χ1n) is 9.00. The minimum Gasteiger partial charge on any atom is -0.457 e. The number of aromatic amines is 1. The molecular formula is C21H23N5O. The summed E-state index contributed by atoms with van der Waals surface area (Å²) in [7, 11) is 0. The molecule has 2 aromatic heterocycles. The van der Waals surface area contributed by atoms with E-state index in [1.807, 2.05) is 54.6 Å². The summed E-state index contributed by atoms with van der Waals surface area (Å²) >= 11 is 0. The Hall–Kier alpha value is -3.41. The second-order valence-corrected chi connectivity index (χ2v) is 6.00. The van der Waals surface area contributed by atoms with Gasteiger partial charge >= 0.3 is 0 Å². The van der Waals surface area contributed by atoms with Gasteiger partial charge in [-0.25, -0.2) is 9.97 Å². The Balaban J connectivity index is 0.000000481. The maximum atomic E-state index is 5.94. The van der Waals surface area contributed by atoms with Gasteiger partial charge in [0.05, 0.1) is 11.1 Å².